The van der Waals surface area contributed by atoms with Crippen molar-refractivity contribution in [1.82, 2.24) is 0 Å². The fourth-order valence-electron chi connectivity index (χ4n) is 12.7. The Bertz CT molecular complexity index is 1160. The van der Waals surface area contributed by atoms with Gasteiger partial charge in [-0.25, -0.2) is 0 Å². The van der Waals surface area contributed by atoms with Gasteiger partial charge in [-0.3, -0.25) is 4.79 Å². The summed E-state index contributed by atoms with van der Waals surface area (Å²) in [5.41, 5.74) is 1.10. The lowest BCUT2D eigenvalue weighted by molar-refractivity contribution is -0.231. The Morgan fingerprint density at radius 3 is 2.20 bits per heavy atom. The summed E-state index contributed by atoms with van der Waals surface area (Å²) in [6.07, 6.45) is 4.86. The Hall–Kier alpha value is -0.830. The first-order chi connectivity index (χ1) is 20.5. The molecule has 7 nitrogen and oxygen atoms in total. The van der Waals surface area contributed by atoms with Gasteiger partial charge >= 0.3 is 0 Å². The maximum Gasteiger partial charge on any atom is 0.142 e. The molecule has 0 aromatic heterocycles. The molecule has 4 saturated carbocycles. The van der Waals surface area contributed by atoms with Crippen molar-refractivity contribution in [2.45, 2.75) is 149 Å². The highest BCUT2D eigenvalue weighted by Gasteiger charge is 2.69. The molecule has 0 radical (unpaired) electrons. The fourth-order valence-corrected chi connectivity index (χ4v) is 12.7. The zero-order valence-electron chi connectivity index (χ0n) is 28.3. The summed E-state index contributed by atoms with van der Waals surface area (Å²) in [6, 6.07) is 0. The number of aliphatic hydroxyl groups is 5. The molecule has 5 N–H and O–H groups in total. The third-order valence-electron chi connectivity index (χ3n) is 15.9. The lowest BCUT2D eigenvalue weighted by atomic mass is 9.33. The number of rotatable bonds is 4. The average Bonchev–Trinajstić information content (AvgIpc) is 2.97. The summed E-state index contributed by atoms with van der Waals surface area (Å²) in [4.78, 5) is 14.6. The second-order valence-electron chi connectivity index (χ2n) is 17.7. The van der Waals surface area contributed by atoms with E-state index >= 15 is 0 Å². The maximum absolute atomic E-state index is 14.6. The molecule has 1 saturated heterocycles. The Labute approximate surface area is 264 Å². The van der Waals surface area contributed by atoms with Gasteiger partial charge in [0.1, 0.15) is 30.2 Å². The van der Waals surface area contributed by atoms with Crippen LogP contribution in [0.2, 0.25) is 0 Å². The van der Waals surface area contributed by atoms with E-state index in [0.717, 1.165) is 57.8 Å². The van der Waals surface area contributed by atoms with Crippen molar-refractivity contribution in [2.24, 2.45) is 56.7 Å². The molecule has 0 bridgehead atoms. The van der Waals surface area contributed by atoms with Crippen molar-refractivity contribution >= 4 is 5.78 Å². The molecule has 7 heteroatoms. The number of carbonyl (C=O) groups is 1. The Kier molecular flexibility index (Phi) is 8.16. The van der Waals surface area contributed by atoms with Crippen LogP contribution in [0.15, 0.2) is 11.6 Å². The van der Waals surface area contributed by atoms with Crippen LogP contribution in [0.4, 0.5) is 0 Å². The third-order valence-corrected chi connectivity index (χ3v) is 15.9. The van der Waals surface area contributed by atoms with E-state index in [0.29, 0.717) is 23.7 Å². The lowest BCUT2D eigenvalue weighted by Gasteiger charge is -2.71. The molecular formula is C37H60O7. The van der Waals surface area contributed by atoms with Gasteiger partial charge in [0.2, 0.25) is 0 Å². The van der Waals surface area contributed by atoms with Crippen LogP contribution in [0, 0.1) is 56.7 Å². The highest BCUT2D eigenvalue weighted by Crippen LogP contribution is 2.76. The Balaban J connectivity index is 1.36. The minimum atomic E-state index is -1.47. The molecule has 0 amide bonds. The van der Waals surface area contributed by atoms with E-state index < -0.39 is 42.5 Å². The summed E-state index contributed by atoms with van der Waals surface area (Å²) < 4.78 is 5.85. The first-order valence-electron chi connectivity index (χ1n) is 17.7. The van der Waals surface area contributed by atoms with Crippen molar-refractivity contribution in [3.8, 4) is 0 Å². The van der Waals surface area contributed by atoms with E-state index in [4.69, 9.17) is 4.74 Å². The molecule has 15 atom stereocenters. The number of hydrogen-bond acceptors (Lipinski definition) is 7. The first-order valence-corrected chi connectivity index (χ1v) is 17.7. The second kappa shape index (κ2) is 10.8. The molecule has 0 spiro atoms. The monoisotopic (exact) mass is 616 g/mol. The van der Waals surface area contributed by atoms with Crippen LogP contribution in [0.3, 0.4) is 0 Å². The van der Waals surface area contributed by atoms with Crippen LogP contribution in [0.1, 0.15) is 113 Å². The molecule has 5 aliphatic carbocycles. The van der Waals surface area contributed by atoms with Gasteiger partial charge in [0, 0.05) is 11.8 Å². The summed E-state index contributed by atoms with van der Waals surface area (Å²) in [7, 11) is 0. The van der Waals surface area contributed by atoms with E-state index in [1.807, 2.05) is 0 Å². The standard InChI is InChI=1S/C37H60O7/c1-20-10-15-37(28(40)18-23-30(41)32(43)31(42)24(19-38)44-23)17-16-35(6)22(29(37)21(20)2)8-9-26-34(5)13-12-27(39)33(3,4)25(34)11-14-36(26,35)7/h8,20-21,23-27,29-32,38-39,41-43H,9-19H2,1-7H3/t20-,21+,23-,24?,25?,26?,27+,29?,30+,31-,32?,34+,35-,36-,37-/m1/s1. The number of fused-ring (bicyclic) bond motifs is 7. The Morgan fingerprint density at radius 1 is 0.841 bits per heavy atom. The molecule has 250 valence electrons. The minimum absolute atomic E-state index is 0.0208. The summed E-state index contributed by atoms with van der Waals surface area (Å²) in [5.74, 6) is 2.07. The second-order valence-corrected chi connectivity index (χ2v) is 17.7. The number of allylic oxidation sites excluding steroid dienone is 2. The van der Waals surface area contributed by atoms with Crippen LogP contribution in [0.25, 0.3) is 0 Å². The fraction of sp³-hybridized carbons (Fsp3) is 0.919. The molecule has 0 aromatic rings. The number of hydrogen-bond donors (Lipinski definition) is 5. The summed E-state index contributed by atoms with van der Waals surface area (Å²) in [5, 5.41) is 52.4. The number of ketones is 1. The predicted octanol–water partition coefficient (Wildman–Crippen LogP) is 4.81. The summed E-state index contributed by atoms with van der Waals surface area (Å²) in [6.45, 7) is 16.4. The van der Waals surface area contributed by atoms with Gasteiger partial charge in [-0.05, 0) is 109 Å². The highest BCUT2D eigenvalue weighted by molar-refractivity contribution is 5.87. The van der Waals surface area contributed by atoms with Crippen molar-refractivity contribution in [1.29, 1.82) is 0 Å². The van der Waals surface area contributed by atoms with E-state index in [1.54, 1.807) is 0 Å². The smallest absolute Gasteiger partial charge is 0.142 e. The normalized spacial score (nSPS) is 55.1. The molecule has 5 fully saturated rings. The number of aliphatic hydroxyl groups excluding tert-OH is 5. The van der Waals surface area contributed by atoms with E-state index in [9.17, 15) is 30.3 Å². The van der Waals surface area contributed by atoms with Crippen LogP contribution >= 0.6 is 0 Å². The van der Waals surface area contributed by atoms with E-state index in [2.05, 4.69) is 54.5 Å². The molecule has 6 rings (SSSR count). The van der Waals surface area contributed by atoms with Gasteiger partial charge in [0.05, 0.1) is 18.8 Å². The number of Topliss-reactive ketones (excluding diaryl/α,β-unsaturated/α-hetero) is 1. The number of ether oxygens (including phenoxy) is 1. The van der Waals surface area contributed by atoms with Crippen molar-refractivity contribution < 1.29 is 35.1 Å². The zero-order valence-corrected chi connectivity index (χ0v) is 28.3. The molecule has 0 aromatic carbocycles. The first kappa shape index (κ1) is 33.1. The quantitative estimate of drug-likeness (QED) is 0.287. The van der Waals surface area contributed by atoms with Gasteiger partial charge in [0.25, 0.3) is 0 Å². The maximum atomic E-state index is 14.6. The molecule has 44 heavy (non-hydrogen) atoms. The summed E-state index contributed by atoms with van der Waals surface area (Å²) >= 11 is 0. The van der Waals surface area contributed by atoms with Gasteiger partial charge in [-0.15, -0.1) is 0 Å². The topological polar surface area (TPSA) is 127 Å². The molecule has 5 unspecified atom stereocenters. The van der Waals surface area contributed by atoms with Gasteiger partial charge < -0.3 is 30.3 Å². The SMILES string of the molecule is C[C@@H]1CC[C@]2(C(=O)C[C@H]3OC(CO)[C@@H](O)C(O)[C@H]3O)CC[C@]3(C)C(=CCC4[C@@]5(C)CC[C@H](O)C(C)(C)C5CC[C@]43C)C2[C@H]1C. The van der Waals surface area contributed by atoms with Gasteiger partial charge in [0.15, 0.2) is 0 Å². The van der Waals surface area contributed by atoms with E-state index in [1.165, 1.54) is 5.57 Å². The number of carbonyl (C=O) groups excluding carboxylic acids is 1. The van der Waals surface area contributed by atoms with Crippen molar-refractivity contribution in [3.63, 3.8) is 0 Å². The highest BCUT2D eigenvalue weighted by atomic mass is 16.5. The Morgan fingerprint density at radius 2 is 1.52 bits per heavy atom. The molecule has 6 aliphatic rings. The third kappa shape index (κ3) is 4.31. The van der Waals surface area contributed by atoms with Crippen LogP contribution in [-0.2, 0) is 9.53 Å². The predicted molar refractivity (Wildman–Crippen MR) is 168 cm³/mol. The van der Waals surface area contributed by atoms with Crippen LogP contribution < -0.4 is 0 Å². The average molecular weight is 617 g/mol. The molecule has 1 aliphatic heterocycles. The molecule has 1 heterocycles. The van der Waals surface area contributed by atoms with Crippen LogP contribution in [0.5, 0.6) is 0 Å². The lowest BCUT2D eigenvalue weighted by Crippen LogP contribution is -2.65. The van der Waals surface area contributed by atoms with E-state index in [-0.39, 0.29) is 45.9 Å². The molecular weight excluding hydrogens is 556 g/mol. The van der Waals surface area contributed by atoms with Crippen molar-refractivity contribution in [3.05, 3.63) is 11.6 Å². The van der Waals surface area contributed by atoms with Crippen molar-refractivity contribution in [2.75, 3.05) is 6.61 Å². The minimum Gasteiger partial charge on any atom is -0.394 e. The zero-order chi connectivity index (χ0) is 32.2. The van der Waals surface area contributed by atoms with Gasteiger partial charge in [-0.2, -0.15) is 0 Å². The largest absolute Gasteiger partial charge is 0.394 e. The van der Waals surface area contributed by atoms with Crippen LogP contribution in [-0.4, -0.2) is 74.5 Å². The van der Waals surface area contributed by atoms with Gasteiger partial charge in [-0.1, -0.05) is 60.1 Å².